The van der Waals surface area contributed by atoms with Gasteiger partial charge in [0, 0.05) is 12.7 Å². The van der Waals surface area contributed by atoms with Gasteiger partial charge in [-0.05, 0) is 56.2 Å². The predicted octanol–water partition coefficient (Wildman–Crippen LogP) is 3.01. The highest BCUT2D eigenvalue weighted by molar-refractivity contribution is 5.23. The fraction of sp³-hybridized carbons (Fsp3) is 0.812. The van der Waals surface area contributed by atoms with E-state index in [1.807, 2.05) is 0 Å². The minimum atomic E-state index is 0.778. The zero-order valence-corrected chi connectivity index (χ0v) is 12.2. The van der Waals surface area contributed by atoms with Gasteiger partial charge in [-0.25, -0.2) is 0 Å². The van der Waals surface area contributed by atoms with Crippen LogP contribution < -0.4 is 5.32 Å². The van der Waals surface area contributed by atoms with E-state index < -0.39 is 0 Å². The third-order valence-corrected chi connectivity index (χ3v) is 5.03. The standard InChI is InChI=1S/C16H27N3/c1-19-16(10-13-8-9-17-11-13)15(12-18-19)14-6-4-2-3-5-7-14/h12-14,17H,2-11H2,1H3. The first-order valence-electron chi connectivity index (χ1n) is 8.06. The number of aryl methyl sites for hydroxylation is 1. The molecule has 3 heteroatoms. The number of hydrogen-bond acceptors (Lipinski definition) is 2. The summed E-state index contributed by atoms with van der Waals surface area (Å²) >= 11 is 0. The van der Waals surface area contributed by atoms with Crippen molar-refractivity contribution < 1.29 is 0 Å². The Labute approximate surface area is 116 Å². The van der Waals surface area contributed by atoms with E-state index >= 15 is 0 Å². The maximum atomic E-state index is 4.56. The van der Waals surface area contributed by atoms with E-state index in [1.165, 1.54) is 70.2 Å². The quantitative estimate of drug-likeness (QED) is 0.848. The second-order valence-electron chi connectivity index (χ2n) is 6.42. The molecule has 3 rings (SSSR count). The molecule has 0 aromatic carbocycles. The molecule has 1 N–H and O–H groups in total. The van der Waals surface area contributed by atoms with E-state index in [0.29, 0.717) is 0 Å². The Bertz CT molecular complexity index is 396. The lowest BCUT2D eigenvalue weighted by molar-refractivity contribution is 0.530. The average molecular weight is 261 g/mol. The van der Waals surface area contributed by atoms with Crippen LogP contribution in [0.25, 0.3) is 0 Å². The van der Waals surface area contributed by atoms with Crippen molar-refractivity contribution in [1.82, 2.24) is 15.1 Å². The van der Waals surface area contributed by atoms with E-state index in [1.54, 1.807) is 5.56 Å². The van der Waals surface area contributed by atoms with Crippen molar-refractivity contribution in [2.75, 3.05) is 13.1 Å². The first-order chi connectivity index (χ1) is 9.34. The molecule has 2 fully saturated rings. The Balaban J connectivity index is 1.76. The zero-order chi connectivity index (χ0) is 13.1. The summed E-state index contributed by atoms with van der Waals surface area (Å²) in [5.74, 6) is 1.60. The summed E-state index contributed by atoms with van der Waals surface area (Å²) in [4.78, 5) is 0. The summed E-state index contributed by atoms with van der Waals surface area (Å²) in [5, 5.41) is 8.04. The molecule has 0 amide bonds. The molecular weight excluding hydrogens is 234 g/mol. The number of aromatic nitrogens is 2. The van der Waals surface area contributed by atoms with Gasteiger partial charge >= 0.3 is 0 Å². The lowest BCUT2D eigenvalue weighted by Crippen LogP contribution is -2.14. The molecule has 1 atom stereocenters. The van der Waals surface area contributed by atoms with Crippen molar-refractivity contribution in [2.24, 2.45) is 13.0 Å². The number of hydrogen-bond donors (Lipinski definition) is 1. The molecule has 1 aliphatic carbocycles. The van der Waals surface area contributed by atoms with Crippen LogP contribution in [0.3, 0.4) is 0 Å². The Kier molecular flexibility index (Phi) is 4.21. The number of nitrogens with zero attached hydrogens (tertiary/aromatic N) is 2. The topological polar surface area (TPSA) is 29.9 Å². The molecule has 1 saturated heterocycles. The van der Waals surface area contributed by atoms with Gasteiger partial charge in [-0.3, -0.25) is 4.68 Å². The molecule has 106 valence electrons. The minimum Gasteiger partial charge on any atom is -0.316 e. The average Bonchev–Trinajstić information content (AvgIpc) is 2.95. The molecule has 0 spiro atoms. The summed E-state index contributed by atoms with van der Waals surface area (Å²) in [6.45, 7) is 2.39. The highest BCUT2D eigenvalue weighted by Gasteiger charge is 2.23. The van der Waals surface area contributed by atoms with Crippen molar-refractivity contribution in [3.05, 3.63) is 17.5 Å². The smallest absolute Gasteiger partial charge is 0.0527 e. The maximum absolute atomic E-state index is 4.56. The van der Waals surface area contributed by atoms with E-state index in [-0.39, 0.29) is 0 Å². The third kappa shape index (κ3) is 3.02. The predicted molar refractivity (Wildman–Crippen MR) is 78.3 cm³/mol. The Morgan fingerprint density at radius 3 is 2.68 bits per heavy atom. The van der Waals surface area contributed by atoms with Crippen molar-refractivity contribution in [3.8, 4) is 0 Å². The van der Waals surface area contributed by atoms with Gasteiger partial charge in [-0.2, -0.15) is 5.10 Å². The second-order valence-corrected chi connectivity index (χ2v) is 6.42. The zero-order valence-electron chi connectivity index (χ0n) is 12.2. The van der Waals surface area contributed by atoms with Crippen LogP contribution in [0.15, 0.2) is 6.20 Å². The van der Waals surface area contributed by atoms with E-state index in [0.717, 1.165) is 11.8 Å². The summed E-state index contributed by atoms with van der Waals surface area (Å²) in [6.07, 6.45) is 13.1. The SMILES string of the molecule is Cn1ncc(C2CCCCCC2)c1CC1CCNC1. The van der Waals surface area contributed by atoms with Crippen LogP contribution in [0.4, 0.5) is 0 Å². The van der Waals surface area contributed by atoms with Gasteiger partial charge in [0.15, 0.2) is 0 Å². The van der Waals surface area contributed by atoms with Crippen molar-refractivity contribution in [1.29, 1.82) is 0 Å². The van der Waals surface area contributed by atoms with Gasteiger partial charge in [-0.15, -0.1) is 0 Å². The van der Waals surface area contributed by atoms with Crippen molar-refractivity contribution in [3.63, 3.8) is 0 Å². The number of nitrogens with one attached hydrogen (secondary N) is 1. The maximum Gasteiger partial charge on any atom is 0.0527 e. The first kappa shape index (κ1) is 13.2. The molecule has 1 aromatic rings. The summed E-state index contributed by atoms with van der Waals surface area (Å²) in [7, 11) is 2.12. The van der Waals surface area contributed by atoms with E-state index in [4.69, 9.17) is 0 Å². The lowest BCUT2D eigenvalue weighted by atomic mass is 9.89. The summed E-state index contributed by atoms with van der Waals surface area (Å²) in [5.41, 5.74) is 3.08. The molecule has 2 aliphatic rings. The molecule has 19 heavy (non-hydrogen) atoms. The van der Waals surface area contributed by atoms with Crippen LogP contribution in [-0.2, 0) is 13.5 Å². The first-order valence-corrected chi connectivity index (χ1v) is 8.06. The van der Waals surface area contributed by atoms with Gasteiger partial charge in [0.05, 0.1) is 6.20 Å². The normalized spacial score (nSPS) is 25.6. The van der Waals surface area contributed by atoms with E-state index in [2.05, 4.69) is 28.3 Å². The van der Waals surface area contributed by atoms with Gasteiger partial charge in [0.1, 0.15) is 0 Å². The molecule has 1 aromatic heterocycles. The van der Waals surface area contributed by atoms with Crippen LogP contribution in [-0.4, -0.2) is 22.9 Å². The van der Waals surface area contributed by atoms with Gasteiger partial charge in [-0.1, -0.05) is 25.7 Å². The fourth-order valence-corrected chi connectivity index (χ4v) is 3.82. The number of rotatable bonds is 3. The van der Waals surface area contributed by atoms with Gasteiger partial charge in [0.25, 0.3) is 0 Å². The largest absolute Gasteiger partial charge is 0.316 e. The molecular formula is C16H27N3. The van der Waals surface area contributed by atoms with Crippen LogP contribution in [0, 0.1) is 5.92 Å². The van der Waals surface area contributed by atoms with Gasteiger partial charge < -0.3 is 5.32 Å². The molecule has 3 nitrogen and oxygen atoms in total. The molecule has 0 bridgehead atoms. The Morgan fingerprint density at radius 1 is 1.21 bits per heavy atom. The third-order valence-electron chi connectivity index (χ3n) is 5.03. The lowest BCUT2D eigenvalue weighted by Gasteiger charge is -2.17. The second kappa shape index (κ2) is 6.08. The summed E-state index contributed by atoms with van der Waals surface area (Å²) < 4.78 is 2.14. The van der Waals surface area contributed by atoms with Gasteiger partial charge in [0.2, 0.25) is 0 Å². The van der Waals surface area contributed by atoms with Crippen LogP contribution in [0.1, 0.15) is 62.1 Å². The minimum absolute atomic E-state index is 0.778. The van der Waals surface area contributed by atoms with Crippen LogP contribution in [0.5, 0.6) is 0 Å². The summed E-state index contributed by atoms with van der Waals surface area (Å²) in [6, 6.07) is 0. The molecule has 1 saturated carbocycles. The Hall–Kier alpha value is -0.830. The monoisotopic (exact) mass is 261 g/mol. The van der Waals surface area contributed by atoms with Crippen molar-refractivity contribution >= 4 is 0 Å². The van der Waals surface area contributed by atoms with E-state index in [9.17, 15) is 0 Å². The highest BCUT2D eigenvalue weighted by atomic mass is 15.3. The van der Waals surface area contributed by atoms with Crippen LogP contribution in [0.2, 0.25) is 0 Å². The Morgan fingerprint density at radius 2 is 2.00 bits per heavy atom. The molecule has 0 radical (unpaired) electrons. The van der Waals surface area contributed by atoms with Crippen LogP contribution >= 0.6 is 0 Å². The molecule has 2 heterocycles. The van der Waals surface area contributed by atoms with Crippen molar-refractivity contribution in [2.45, 2.75) is 57.3 Å². The molecule has 1 unspecified atom stereocenters. The highest BCUT2D eigenvalue weighted by Crippen LogP contribution is 2.34. The fourth-order valence-electron chi connectivity index (χ4n) is 3.82. The molecule has 1 aliphatic heterocycles.